The molecule has 0 radical (unpaired) electrons. The first-order valence-corrected chi connectivity index (χ1v) is 14.8. The number of benzene rings is 2. The fourth-order valence-corrected chi connectivity index (χ4v) is 7.01. The summed E-state index contributed by atoms with van der Waals surface area (Å²) in [5.74, 6) is 1.71. The van der Waals surface area contributed by atoms with Crippen molar-refractivity contribution in [2.24, 2.45) is 5.92 Å². The monoisotopic (exact) mass is 533 g/mol. The van der Waals surface area contributed by atoms with Crippen molar-refractivity contribution in [3.8, 4) is 11.5 Å². The van der Waals surface area contributed by atoms with Crippen LogP contribution in [0, 0.1) is 26.7 Å². The molecule has 2 atom stereocenters. The summed E-state index contributed by atoms with van der Waals surface area (Å²) < 4.78 is 6.62. The summed E-state index contributed by atoms with van der Waals surface area (Å²) in [6, 6.07) is 9.47. The Bertz CT molecular complexity index is 1200. The van der Waals surface area contributed by atoms with Gasteiger partial charge in [-0.1, -0.05) is 24.3 Å². The van der Waals surface area contributed by atoms with E-state index in [4.69, 9.17) is 4.74 Å². The standard InChI is InChI=1S/C33H47N3O3/c1-22-23(2)31-29(24(3)30(22)37)13-14-33(4,39-31)32(38)36(17-16-34(5)6)21-25-10-9-15-35(20-25)28-18-26-11-7-8-12-27(26)19-28/h7-8,11-12,25,28,37H,9-10,13-21H2,1-6H3. The van der Waals surface area contributed by atoms with E-state index in [9.17, 15) is 9.90 Å². The lowest BCUT2D eigenvalue weighted by molar-refractivity contribution is -0.149. The summed E-state index contributed by atoms with van der Waals surface area (Å²) in [6.45, 7) is 12.4. The predicted molar refractivity (Wildman–Crippen MR) is 157 cm³/mol. The van der Waals surface area contributed by atoms with Gasteiger partial charge in [-0.05, 0) is 114 Å². The number of rotatable bonds is 7. The van der Waals surface area contributed by atoms with Crippen LogP contribution in [-0.2, 0) is 24.1 Å². The third-order valence-electron chi connectivity index (χ3n) is 9.65. The summed E-state index contributed by atoms with van der Waals surface area (Å²) in [5, 5.41) is 10.6. The van der Waals surface area contributed by atoms with Gasteiger partial charge in [0.15, 0.2) is 5.60 Å². The van der Waals surface area contributed by atoms with Crippen LogP contribution in [0.4, 0.5) is 0 Å². The van der Waals surface area contributed by atoms with Crippen molar-refractivity contribution in [2.45, 2.75) is 77.9 Å². The van der Waals surface area contributed by atoms with Crippen LogP contribution in [-0.4, -0.2) is 84.2 Å². The lowest BCUT2D eigenvalue weighted by Gasteiger charge is -2.42. The second kappa shape index (κ2) is 11.1. The molecule has 2 unspecified atom stereocenters. The van der Waals surface area contributed by atoms with Gasteiger partial charge in [0.05, 0.1) is 0 Å². The number of carbonyl (C=O) groups excluding carboxylic acids is 1. The maximum absolute atomic E-state index is 14.3. The number of nitrogens with zero attached hydrogens (tertiary/aromatic N) is 3. The number of phenolic OH excluding ortho intramolecular Hbond substituents is 1. The van der Waals surface area contributed by atoms with Crippen LogP contribution < -0.4 is 4.74 Å². The molecule has 6 nitrogen and oxygen atoms in total. The number of carbonyl (C=O) groups is 1. The average molecular weight is 534 g/mol. The lowest BCUT2D eigenvalue weighted by Crippen LogP contribution is -2.56. The van der Waals surface area contributed by atoms with E-state index in [2.05, 4.69) is 53.1 Å². The van der Waals surface area contributed by atoms with Gasteiger partial charge in [-0.25, -0.2) is 0 Å². The number of piperidine rings is 1. The maximum Gasteiger partial charge on any atom is 0.266 e. The number of amides is 1. The molecule has 1 aliphatic carbocycles. The molecular formula is C33H47N3O3. The number of hydrogen-bond acceptors (Lipinski definition) is 5. The first kappa shape index (κ1) is 28.0. The normalized spacial score (nSPS) is 23.4. The van der Waals surface area contributed by atoms with E-state index in [-0.39, 0.29) is 5.91 Å². The van der Waals surface area contributed by atoms with Crippen molar-refractivity contribution in [1.82, 2.24) is 14.7 Å². The molecule has 3 aliphatic rings. The molecule has 6 heteroatoms. The third-order valence-corrected chi connectivity index (χ3v) is 9.65. The zero-order valence-corrected chi connectivity index (χ0v) is 24.8. The number of hydrogen-bond donors (Lipinski definition) is 1. The van der Waals surface area contributed by atoms with Crippen LogP contribution in [0.5, 0.6) is 11.5 Å². The van der Waals surface area contributed by atoms with E-state index in [0.717, 1.165) is 73.4 Å². The molecule has 1 N–H and O–H groups in total. The number of aromatic hydroxyl groups is 1. The van der Waals surface area contributed by atoms with Crippen LogP contribution in [0.15, 0.2) is 24.3 Å². The zero-order chi connectivity index (χ0) is 27.9. The minimum absolute atomic E-state index is 0.100. The number of ether oxygens (including phenoxy) is 1. The van der Waals surface area contributed by atoms with Crippen LogP contribution >= 0.6 is 0 Å². The quantitative estimate of drug-likeness (QED) is 0.561. The summed E-state index contributed by atoms with van der Waals surface area (Å²) in [4.78, 5) is 21.2. The molecule has 5 rings (SSSR count). The van der Waals surface area contributed by atoms with Gasteiger partial charge in [0.1, 0.15) is 11.5 Å². The summed E-state index contributed by atoms with van der Waals surface area (Å²) in [5.41, 5.74) is 5.80. The van der Waals surface area contributed by atoms with E-state index in [1.165, 1.54) is 24.0 Å². The van der Waals surface area contributed by atoms with Crippen molar-refractivity contribution in [2.75, 3.05) is 46.8 Å². The molecule has 212 valence electrons. The average Bonchev–Trinajstić information content (AvgIpc) is 3.37. The Kier molecular flexibility index (Phi) is 7.98. The Morgan fingerprint density at radius 1 is 1.08 bits per heavy atom. The highest BCUT2D eigenvalue weighted by Gasteiger charge is 2.44. The van der Waals surface area contributed by atoms with Crippen molar-refractivity contribution in [1.29, 1.82) is 0 Å². The van der Waals surface area contributed by atoms with Crippen molar-refractivity contribution in [3.05, 3.63) is 57.6 Å². The van der Waals surface area contributed by atoms with E-state index in [1.54, 1.807) is 0 Å². The van der Waals surface area contributed by atoms with Gasteiger partial charge in [-0.15, -0.1) is 0 Å². The predicted octanol–water partition coefficient (Wildman–Crippen LogP) is 4.67. The Hall–Kier alpha value is -2.57. The Balaban J connectivity index is 1.31. The largest absolute Gasteiger partial charge is 0.507 e. The topological polar surface area (TPSA) is 56.2 Å². The molecule has 2 heterocycles. The molecule has 0 aromatic heterocycles. The molecule has 1 saturated heterocycles. The highest BCUT2D eigenvalue weighted by atomic mass is 16.5. The first-order valence-electron chi connectivity index (χ1n) is 14.8. The van der Waals surface area contributed by atoms with Crippen LogP contribution in [0.25, 0.3) is 0 Å². The molecular weight excluding hydrogens is 486 g/mol. The van der Waals surface area contributed by atoms with Gasteiger partial charge in [-0.3, -0.25) is 9.69 Å². The summed E-state index contributed by atoms with van der Waals surface area (Å²) >= 11 is 0. The Morgan fingerprint density at radius 2 is 1.77 bits per heavy atom. The molecule has 0 spiro atoms. The summed E-state index contributed by atoms with van der Waals surface area (Å²) in [6.07, 6.45) is 6.00. The molecule has 1 amide bonds. The first-order chi connectivity index (χ1) is 18.6. The Labute approximate surface area is 234 Å². The van der Waals surface area contributed by atoms with Crippen LogP contribution in [0.2, 0.25) is 0 Å². The molecule has 2 aromatic rings. The third kappa shape index (κ3) is 5.55. The Morgan fingerprint density at radius 3 is 2.44 bits per heavy atom. The van der Waals surface area contributed by atoms with Crippen LogP contribution in [0.1, 0.15) is 59.6 Å². The molecule has 1 fully saturated rings. The molecule has 2 aliphatic heterocycles. The second-order valence-corrected chi connectivity index (χ2v) is 12.8. The van der Waals surface area contributed by atoms with Gasteiger partial charge < -0.3 is 19.6 Å². The highest BCUT2D eigenvalue weighted by molar-refractivity contribution is 5.86. The SMILES string of the molecule is Cc1c(C)c2c(c(C)c1O)CCC(C)(C(=O)N(CCN(C)C)CC1CCCN(C3Cc4ccccc4C3)C1)O2. The highest BCUT2D eigenvalue weighted by Crippen LogP contribution is 2.44. The lowest BCUT2D eigenvalue weighted by atomic mass is 9.86. The molecule has 0 saturated carbocycles. The van der Waals surface area contributed by atoms with E-state index in [1.807, 2.05) is 27.7 Å². The summed E-state index contributed by atoms with van der Waals surface area (Å²) in [7, 11) is 4.14. The number of fused-ring (bicyclic) bond motifs is 2. The smallest absolute Gasteiger partial charge is 0.266 e. The van der Waals surface area contributed by atoms with Gasteiger partial charge in [0, 0.05) is 44.2 Å². The van der Waals surface area contributed by atoms with E-state index >= 15 is 0 Å². The second-order valence-electron chi connectivity index (χ2n) is 12.8. The zero-order valence-electron chi connectivity index (χ0n) is 24.8. The minimum atomic E-state index is -0.901. The maximum atomic E-state index is 14.3. The molecule has 0 bridgehead atoms. The van der Waals surface area contributed by atoms with Crippen molar-refractivity contribution >= 4 is 5.91 Å². The van der Waals surface area contributed by atoms with Gasteiger partial charge >= 0.3 is 0 Å². The number of likely N-dealkylation sites (tertiary alicyclic amines) is 1. The molecule has 2 aromatic carbocycles. The minimum Gasteiger partial charge on any atom is -0.507 e. The molecule has 39 heavy (non-hydrogen) atoms. The fraction of sp³-hybridized carbons (Fsp3) is 0.606. The van der Waals surface area contributed by atoms with Crippen molar-refractivity contribution in [3.63, 3.8) is 0 Å². The van der Waals surface area contributed by atoms with Gasteiger partial charge in [0.2, 0.25) is 0 Å². The van der Waals surface area contributed by atoms with Gasteiger partial charge in [0.25, 0.3) is 5.91 Å². The van der Waals surface area contributed by atoms with Crippen molar-refractivity contribution < 1.29 is 14.6 Å². The van der Waals surface area contributed by atoms with Crippen LogP contribution in [0.3, 0.4) is 0 Å². The fourth-order valence-electron chi connectivity index (χ4n) is 7.01. The van der Waals surface area contributed by atoms with E-state index in [0.29, 0.717) is 30.7 Å². The number of likely N-dealkylation sites (N-methyl/N-ethyl adjacent to an activating group) is 1. The van der Waals surface area contributed by atoms with E-state index < -0.39 is 5.60 Å². The number of phenols is 1. The van der Waals surface area contributed by atoms with Gasteiger partial charge in [-0.2, -0.15) is 0 Å².